The number of amides is 1. The summed E-state index contributed by atoms with van der Waals surface area (Å²) in [7, 11) is 0. The molecule has 1 amide bonds. The normalized spacial score (nSPS) is 12.0. The van der Waals surface area contributed by atoms with E-state index in [1.165, 1.54) is 9.96 Å². The third-order valence-corrected chi connectivity index (χ3v) is 5.71. The molecule has 1 N–H and O–H groups in total. The van der Waals surface area contributed by atoms with Crippen LogP contribution in [0.2, 0.25) is 0 Å². The Kier molecular flexibility index (Phi) is 6.21. The predicted octanol–water partition coefficient (Wildman–Crippen LogP) is 3.35. The minimum atomic E-state index is -0.420. The maximum atomic E-state index is 12.9. The molecule has 1 atom stereocenters. The first-order valence-corrected chi connectivity index (χ1v) is 11.4. The van der Waals surface area contributed by atoms with E-state index in [4.69, 9.17) is 4.52 Å². The number of carbonyl (C=O) groups excluding carboxylic acids is 1. The van der Waals surface area contributed by atoms with Gasteiger partial charge in [-0.15, -0.1) is 5.10 Å². The number of aromatic nitrogens is 5. The maximum absolute atomic E-state index is 12.9. The van der Waals surface area contributed by atoms with Crippen LogP contribution in [0, 0.1) is 0 Å². The van der Waals surface area contributed by atoms with Gasteiger partial charge in [0.25, 0.3) is 5.89 Å². The molecule has 2 aromatic carbocycles. The zero-order valence-corrected chi connectivity index (χ0v) is 19.2. The molecule has 0 aliphatic rings. The van der Waals surface area contributed by atoms with Crippen LogP contribution in [-0.4, -0.2) is 36.3 Å². The van der Waals surface area contributed by atoms with Crippen LogP contribution in [0.25, 0.3) is 28.5 Å². The third kappa shape index (κ3) is 4.89. The quantitative estimate of drug-likeness (QED) is 0.374. The molecule has 0 spiro atoms. The minimum Gasteiger partial charge on any atom is -0.352 e. The van der Waals surface area contributed by atoms with Crippen LogP contribution in [0.4, 0.5) is 0 Å². The molecule has 0 bridgehead atoms. The molecule has 9 nitrogen and oxygen atoms in total. The largest absolute Gasteiger partial charge is 0.352 e. The number of carbonyl (C=O) groups is 1. The molecule has 0 fully saturated rings. The fourth-order valence-electron chi connectivity index (χ4n) is 3.90. The lowest BCUT2D eigenvalue weighted by Crippen LogP contribution is -2.37. The number of fused-ring (bicyclic) bond motifs is 1. The summed E-state index contributed by atoms with van der Waals surface area (Å²) >= 11 is 0. The topological polar surface area (TPSA) is 107 Å². The predicted molar refractivity (Wildman–Crippen MR) is 131 cm³/mol. The van der Waals surface area contributed by atoms with E-state index in [0.717, 1.165) is 23.1 Å². The van der Waals surface area contributed by atoms with Gasteiger partial charge in [-0.1, -0.05) is 65.8 Å². The Labute approximate surface area is 201 Å². The van der Waals surface area contributed by atoms with E-state index in [2.05, 4.69) is 32.7 Å². The maximum Gasteiger partial charge on any atom is 0.350 e. The number of benzene rings is 2. The summed E-state index contributed by atoms with van der Waals surface area (Å²) < 4.78 is 7.97. The lowest BCUT2D eigenvalue weighted by Gasteiger charge is -2.13. The van der Waals surface area contributed by atoms with Gasteiger partial charge in [-0.25, -0.2) is 13.9 Å². The molecule has 0 saturated heterocycles. The van der Waals surface area contributed by atoms with Crippen LogP contribution in [0.3, 0.4) is 0 Å². The average Bonchev–Trinajstić information content (AvgIpc) is 3.49. The Balaban J connectivity index is 1.32. The van der Waals surface area contributed by atoms with E-state index < -0.39 is 5.69 Å². The van der Waals surface area contributed by atoms with Crippen LogP contribution in [0.5, 0.6) is 0 Å². The highest BCUT2D eigenvalue weighted by atomic mass is 16.5. The van der Waals surface area contributed by atoms with Crippen LogP contribution < -0.4 is 11.0 Å². The Morgan fingerprint density at radius 2 is 1.77 bits per heavy atom. The van der Waals surface area contributed by atoms with Crippen molar-refractivity contribution in [2.75, 3.05) is 0 Å². The minimum absolute atomic E-state index is 0.0409. The van der Waals surface area contributed by atoms with Crippen molar-refractivity contribution in [3.63, 3.8) is 0 Å². The lowest BCUT2D eigenvalue weighted by molar-refractivity contribution is -0.122. The van der Waals surface area contributed by atoms with Gasteiger partial charge in [0.1, 0.15) is 6.54 Å². The molecule has 0 aliphatic heterocycles. The van der Waals surface area contributed by atoms with Crippen molar-refractivity contribution in [2.24, 2.45) is 0 Å². The van der Waals surface area contributed by atoms with Crippen molar-refractivity contribution in [1.82, 2.24) is 29.6 Å². The standard InChI is InChI=1S/C26H24N6O3/c1-18(14-15-19-9-4-2-5-10-19)27-22(33)17-32-26(34)31-16-8-13-21(24(31)29-32)25-28-23(30-35-25)20-11-6-3-7-12-20/h2-13,16,18H,14-15,17H2,1H3,(H,27,33)/t18-/m0/s1. The van der Waals surface area contributed by atoms with E-state index in [9.17, 15) is 9.59 Å². The van der Waals surface area contributed by atoms with Gasteiger partial charge in [-0.05, 0) is 37.5 Å². The van der Waals surface area contributed by atoms with Crippen molar-refractivity contribution in [3.8, 4) is 22.8 Å². The van der Waals surface area contributed by atoms with Crippen molar-refractivity contribution >= 4 is 11.6 Å². The smallest absolute Gasteiger partial charge is 0.350 e. The van der Waals surface area contributed by atoms with Gasteiger partial charge in [-0.2, -0.15) is 4.98 Å². The SMILES string of the molecule is C[C@@H](CCc1ccccc1)NC(=O)Cn1nc2c(-c3nc(-c4ccccc4)no3)cccn2c1=O. The fraction of sp³-hybridized carbons (Fsp3) is 0.192. The summed E-state index contributed by atoms with van der Waals surface area (Å²) in [6.45, 7) is 1.76. The Morgan fingerprint density at radius 3 is 2.54 bits per heavy atom. The molecule has 3 aromatic heterocycles. The zero-order valence-electron chi connectivity index (χ0n) is 19.2. The molecule has 0 radical (unpaired) electrons. The van der Waals surface area contributed by atoms with Gasteiger partial charge in [0.2, 0.25) is 11.7 Å². The molecule has 3 heterocycles. The summed E-state index contributed by atoms with van der Waals surface area (Å²) in [6, 6.07) is 23.0. The first-order valence-electron chi connectivity index (χ1n) is 11.4. The Morgan fingerprint density at radius 1 is 1.03 bits per heavy atom. The Bertz CT molecular complexity index is 1500. The number of nitrogens with zero attached hydrogens (tertiary/aromatic N) is 5. The first kappa shape index (κ1) is 22.3. The molecule has 5 rings (SSSR count). The summed E-state index contributed by atoms with van der Waals surface area (Å²) in [6.07, 6.45) is 3.25. The number of nitrogens with one attached hydrogen (secondary N) is 1. The second-order valence-corrected chi connectivity index (χ2v) is 8.34. The number of rotatable bonds is 8. The number of hydrogen-bond donors (Lipinski definition) is 1. The van der Waals surface area contributed by atoms with Gasteiger partial charge in [0.15, 0.2) is 5.65 Å². The van der Waals surface area contributed by atoms with Crippen LogP contribution in [-0.2, 0) is 17.8 Å². The van der Waals surface area contributed by atoms with E-state index in [-0.39, 0.29) is 24.4 Å². The molecule has 9 heteroatoms. The van der Waals surface area contributed by atoms with E-state index in [1.807, 2.05) is 55.5 Å². The monoisotopic (exact) mass is 468 g/mol. The Hall–Kier alpha value is -4.53. The molecular weight excluding hydrogens is 444 g/mol. The van der Waals surface area contributed by atoms with E-state index in [0.29, 0.717) is 17.0 Å². The zero-order chi connectivity index (χ0) is 24.2. The first-order chi connectivity index (χ1) is 17.1. The molecule has 35 heavy (non-hydrogen) atoms. The highest BCUT2D eigenvalue weighted by Crippen LogP contribution is 2.24. The van der Waals surface area contributed by atoms with Gasteiger partial charge in [0.05, 0.1) is 5.56 Å². The second-order valence-electron chi connectivity index (χ2n) is 8.34. The molecule has 0 saturated carbocycles. The summed E-state index contributed by atoms with van der Waals surface area (Å²) in [5.41, 5.74) is 2.46. The van der Waals surface area contributed by atoms with Gasteiger partial charge >= 0.3 is 5.69 Å². The molecular formula is C26H24N6O3. The van der Waals surface area contributed by atoms with Crippen molar-refractivity contribution in [3.05, 3.63) is 95.0 Å². The fourth-order valence-corrected chi connectivity index (χ4v) is 3.90. The van der Waals surface area contributed by atoms with Crippen LogP contribution >= 0.6 is 0 Å². The van der Waals surface area contributed by atoms with Crippen LogP contribution in [0.15, 0.2) is 88.3 Å². The number of hydrogen-bond acceptors (Lipinski definition) is 6. The molecule has 0 unspecified atom stereocenters. The van der Waals surface area contributed by atoms with E-state index >= 15 is 0 Å². The van der Waals surface area contributed by atoms with Gasteiger partial charge in [0, 0.05) is 17.8 Å². The third-order valence-electron chi connectivity index (χ3n) is 5.71. The number of aryl methyl sites for hydroxylation is 1. The highest BCUT2D eigenvalue weighted by Gasteiger charge is 2.19. The summed E-state index contributed by atoms with van der Waals surface area (Å²) in [4.78, 5) is 30.0. The molecule has 0 aliphatic carbocycles. The van der Waals surface area contributed by atoms with Crippen molar-refractivity contribution < 1.29 is 9.32 Å². The molecule has 176 valence electrons. The average molecular weight is 469 g/mol. The van der Waals surface area contributed by atoms with E-state index in [1.54, 1.807) is 18.3 Å². The summed E-state index contributed by atoms with van der Waals surface area (Å²) in [5.74, 6) is 0.403. The van der Waals surface area contributed by atoms with Crippen LogP contribution in [0.1, 0.15) is 18.9 Å². The van der Waals surface area contributed by atoms with Gasteiger partial charge in [-0.3, -0.25) is 4.79 Å². The summed E-state index contributed by atoms with van der Waals surface area (Å²) in [5, 5.41) is 11.4. The van der Waals surface area contributed by atoms with Gasteiger partial charge < -0.3 is 9.84 Å². The molecule has 5 aromatic rings. The van der Waals surface area contributed by atoms with Crippen molar-refractivity contribution in [2.45, 2.75) is 32.4 Å². The van der Waals surface area contributed by atoms with Crippen molar-refractivity contribution in [1.29, 1.82) is 0 Å². The highest BCUT2D eigenvalue weighted by molar-refractivity contribution is 5.76. The second kappa shape index (κ2) is 9.76. The number of pyridine rings is 1. The lowest BCUT2D eigenvalue weighted by atomic mass is 10.1.